The minimum Gasteiger partial charge on any atom is -0.360 e. The molecule has 0 aliphatic heterocycles. The molecule has 0 radical (unpaired) electrons. The first-order valence-corrected chi connectivity index (χ1v) is 12.4. The number of benzene rings is 2. The van der Waals surface area contributed by atoms with Crippen molar-refractivity contribution in [3.05, 3.63) is 65.1 Å². The van der Waals surface area contributed by atoms with Gasteiger partial charge in [0.25, 0.3) is 0 Å². The Hall–Kier alpha value is -2.42. The molecule has 170 valence electrons. The van der Waals surface area contributed by atoms with Crippen molar-refractivity contribution >= 4 is 38.4 Å². The molecule has 0 spiro atoms. The number of amides is 1. The molecule has 1 heterocycles. The summed E-state index contributed by atoms with van der Waals surface area (Å²) < 4.78 is 41.5. The lowest BCUT2D eigenvalue weighted by molar-refractivity contribution is -0.126. The summed E-state index contributed by atoms with van der Waals surface area (Å²) in [5.41, 5.74) is 1.50. The largest absolute Gasteiger partial charge is 0.360 e. The summed E-state index contributed by atoms with van der Waals surface area (Å²) in [6.07, 6.45) is 3.98. The Morgan fingerprint density at radius 2 is 1.81 bits per heavy atom. The summed E-state index contributed by atoms with van der Waals surface area (Å²) in [5, 5.41) is 4.29. The van der Waals surface area contributed by atoms with Gasteiger partial charge in [-0.15, -0.1) is 0 Å². The van der Waals surface area contributed by atoms with E-state index >= 15 is 0 Å². The van der Waals surface area contributed by atoms with Crippen LogP contribution in [0.4, 0.5) is 4.39 Å². The third-order valence-electron chi connectivity index (χ3n) is 6.06. The van der Waals surface area contributed by atoms with E-state index in [0.717, 1.165) is 10.9 Å². The molecule has 9 heteroatoms. The monoisotopic (exact) mass is 477 g/mol. The standard InChI is InChI=1S/C23H25ClFN3O3S/c1-14(15-2-6-17(25)7-3-15)27-23(29)16-4-8-18(9-5-16)28-32(30,31)19-10-11-20-21(24)13-26-22(20)12-19/h2-3,6-7,10-14,16,18,26,28H,4-5,8-9H2,1H3,(H,27,29)/t14-,16?,18?/m1/s1. The molecule has 1 fully saturated rings. The molecular formula is C23H25ClFN3O3S. The Balaban J connectivity index is 1.32. The number of hydrogen-bond donors (Lipinski definition) is 3. The summed E-state index contributed by atoms with van der Waals surface area (Å²) in [4.78, 5) is 15.8. The van der Waals surface area contributed by atoms with Gasteiger partial charge in [0.1, 0.15) is 5.82 Å². The average molecular weight is 478 g/mol. The van der Waals surface area contributed by atoms with E-state index < -0.39 is 10.0 Å². The van der Waals surface area contributed by atoms with E-state index in [2.05, 4.69) is 15.0 Å². The molecule has 6 nitrogen and oxygen atoms in total. The fourth-order valence-corrected chi connectivity index (χ4v) is 5.71. The molecule has 0 unspecified atom stereocenters. The fraction of sp³-hybridized carbons (Fsp3) is 0.348. The molecule has 32 heavy (non-hydrogen) atoms. The molecule has 2 aromatic carbocycles. The van der Waals surface area contributed by atoms with Crippen molar-refractivity contribution in [2.75, 3.05) is 0 Å². The van der Waals surface area contributed by atoms with E-state index in [-0.39, 0.29) is 34.6 Å². The van der Waals surface area contributed by atoms with Gasteiger partial charge in [0, 0.05) is 29.1 Å². The van der Waals surface area contributed by atoms with Crippen molar-refractivity contribution in [3.8, 4) is 0 Å². The van der Waals surface area contributed by atoms with Crippen LogP contribution >= 0.6 is 11.6 Å². The molecule has 3 aromatic rings. The fourth-order valence-electron chi connectivity index (χ4n) is 4.16. The number of nitrogens with one attached hydrogen (secondary N) is 3. The zero-order valence-electron chi connectivity index (χ0n) is 17.6. The van der Waals surface area contributed by atoms with Crippen molar-refractivity contribution in [1.82, 2.24) is 15.0 Å². The van der Waals surface area contributed by atoms with E-state index in [1.807, 2.05) is 6.92 Å². The summed E-state index contributed by atoms with van der Waals surface area (Å²) in [6, 6.07) is 10.4. The topological polar surface area (TPSA) is 91.1 Å². The second-order valence-corrected chi connectivity index (χ2v) is 10.4. The second-order valence-electron chi connectivity index (χ2n) is 8.30. The Morgan fingerprint density at radius 3 is 2.50 bits per heavy atom. The number of aromatic nitrogens is 1. The van der Waals surface area contributed by atoms with Crippen LogP contribution in [0.15, 0.2) is 53.6 Å². The molecule has 3 N–H and O–H groups in total. The van der Waals surface area contributed by atoms with Gasteiger partial charge in [0.2, 0.25) is 15.9 Å². The lowest BCUT2D eigenvalue weighted by Crippen LogP contribution is -2.41. The Labute approximate surface area is 191 Å². The van der Waals surface area contributed by atoms with Gasteiger partial charge >= 0.3 is 0 Å². The number of halogens is 2. The first-order chi connectivity index (χ1) is 15.2. The highest BCUT2D eigenvalue weighted by Gasteiger charge is 2.30. The van der Waals surface area contributed by atoms with E-state index in [9.17, 15) is 17.6 Å². The number of fused-ring (bicyclic) bond motifs is 1. The van der Waals surface area contributed by atoms with Crippen LogP contribution < -0.4 is 10.0 Å². The molecular weight excluding hydrogens is 453 g/mol. The van der Waals surface area contributed by atoms with Crippen molar-refractivity contribution in [2.45, 2.75) is 49.6 Å². The van der Waals surface area contributed by atoms with Crippen LogP contribution in [0.1, 0.15) is 44.2 Å². The van der Waals surface area contributed by atoms with Gasteiger partial charge in [-0.25, -0.2) is 17.5 Å². The van der Waals surface area contributed by atoms with Crippen LogP contribution in [0.25, 0.3) is 10.9 Å². The van der Waals surface area contributed by atoms with E-state index in [0.29, 0.717) is 36.2 Å². The predicted octanol–water partition coefficient (Wildman–Crippen LogP) is 4.67. The van der Waals surface area contributed by atoms with Gasteiger partial charge in [-0.05, 0) is 68.5 Å². The van der Waals surface area contributed by atoms with Gasteiger partial charge in [-0.1, -0.05) is 23.7 Å². The lowest BCUT2D eigenvalue weighted by atomic mass is 9.85. The molecule has 1 amide bonds. The third-order valence-corrected chi connectivity index (χ3v) is 7.89. The summed E-state index contributed by atoms with van der Waals surface area (Å²) in [5.74, 6) is -0.544. The summed E-state index contributed by atoms with van der Waals surface area (Å²) >= 11 is 6.06. The molecule has 1 aliphatic rings. The van der Waals surface area contributed by atoms with Gasteiger partial charge in [-0.3, -0.25) is 4.79 Å². The number of H-pyrrole nitrogens is 1. The van der Waals surface area contributed by atoms with Gasteiger partial charge in [0.05, 0.1) is 16.0 Å². The minimum absolute atomic E-state index is 0.0581. The number of hydrogen-bond acceptors (Lipinski definition) is 3. The van der Waals surface area contributed by atoms with Crippen LogP contribution in [0.2, 0.25) is 5.02 Å². The molecule has 1 aromatic heterocycles. The zero-order chi connectivity index (χ0) is 22.9. The Morgan fingerprint density at radius 1 is 1.12 bits per heavy atom. The van der Waals surface area contributed by atoms with Gasteiger partial charge in [-0.2, -0.15) is 0 Å². The number of aromatic amines is 1. The van der Waals surface area contributed by atoms with Crippen LogP contribution in [0.3, 0.4) is 0 Å². The smallest absolute Gasteiger partial charge is 0.240 e. The average Bonchev–Trinajstić information content (AvgIpc) is 3.14. The first-order valence-electron chi connectivity index (χ1n) is 10.6. The molecule has 0 saturated heterocycles. The maximum atomic E-state index is 13.1. The molecule has 1 aliphatic carbocycles. The van der Waals surface area contributed by atoms with Crippen LogP contribution in [0.5, 0.6) is 0 Å². The number of rotatable bonds is 6. The predicted molar refractivity (Wildman–Crippen MR) is 122 cm³/mol. The highest BCUT2D eigenvalue weighted by molar-refractivity contribution is 7.89. The first kappa shape index (κ1) is 22.8. The normalized spacial score (nSPS) is 20.2. The number of carbonyl (C=O) groups is 1. The maximum absolute atomic E-state index is 13.1. The van der Waals surface area contributed by atoms with Crippen LogP contribution in [-0.2, 0) is 14.8 Å². The lowest BCUT2D eigenvalue weighted by Gasteiger charge is -2.29. The molecule has 4 rings (SSSR count). The Bertz CT molecular complexity index is 1220. The van der Waals surface area contributed by atoms with E-state index in [1.54, 1.807) is 36.5 Å². The van der Waals surface area contributed by atoms with E-state index in [1.165, 1.54) is 12.1 Å². The number of carbonyl (C=O) groups excluding carboxylic acids is 1. The molecule has 1 saturated carbocycles. The highest BCUT2D eigenvalue weighted by Crippen LogP contribution is 2.28. The third kappa shape index (κ3) is 4.98. The van der Waals surface area contributed by atoms with Crippen molar-refractivity contribution in [1.29, 1.82) is 0 Å². The zero-order valence-corrected chi connectivity index (χ0v) is 19.1. The highest BCUT2D eigenvalue weighted by atomic mass is 35.5. The summed E-state index contributed by atoms with van der Waals surface area (Å²) in [6.45, 7) is 1.86. The minimum atomic E-state index is -3.68. The van der Waals surface area contributed by atoms with Crippen molar-refractivity contribution < 1.29 is 17.6 Å². The van der Waals surface area contributed by atoms with Crippen LogP contribution in [-0.4, -0.2) is 25.4 Å². The summed E-state index contributed by atoms with van der Waals surface area (Å²) in [7, 11) is -3.68. The second kappa shape index (κ2) is 9.21. The van der Waals surface area contributed by atoms with Crippen LogP contribution in [0, 0.1) is 11.7 Å². The maximum Gasteiger partial charge on any atom is 0.240 e. The SMILES string of the molecule is C[C@@H](NC(=O)C1CCC(NS(=O)(=O)c2ccc3c(Cl)c[nH]c3c2)CC1)c1ccc(F)cc1. The molecule has 0 bridgehead atoms. The van der Waals surface area contributed by atoms with E-state index in [4.69, 9.17) is 11.6 Å². The van der Waals surface area contributed by atoms with Gasteiger partial charge < -0.3 is 10.3 Å². The quantitative estimate of drug-likeness (QED) is 0.481. The van der Waals surface area contributed by atoms with Crippen molar-refractivity contribution in [3.63, 3.8) is 0 Å². The Kier molecular flexibility index (Phi) is 6.55. The molecule has 1 atom stereocenters. The number of sulfonamides is 1. The van der Waals surface area contributed by atoms with Gasteiger partial charge in [0.15, 0.2) is 0 Å². The van der Waals surface area contributed by atoms with Crippen molar-refractivity contribution in [2.24, 2.45) is 5.92 Å².